The summed E-state index contributed by atoms with van der Waals surface area (Å²) in [7, 11) is 2.67. The van der Waals surface area contributed by atoms with Crippen molar-refractivity contribution in [2.24, 2.45) is 0 Å². The number of benzene rings is 2. The molecule has 0 saturated heterocycles. The van der Waals surface area contributed by atoms with Crippen molar-refractivity contribution in [1.82, 2.24) is 4.67 Å². The Morgan fingerprint density at radius 3 is 2.80 bits per heavy atom. The molecule has 1 aliphatic heterocycles. The number of fused-ring (bicyclic) bond motifs is 1. The Balaban J connectivity index is 0.00000320. The maximum atomic E-state index is 13.3. The van der Waals surface area contributed by atoms with Crippen molar-refractivity contribution in [3.8, 4) is 5.75 Å². The van der Waals surface area contributed by atoms with E-state index in [4.69, 9.17) is 4.74 Å². The molecule has 1 N–H and O–H groups in total. The van der Waals surface area contributed by atoms with Gasteiger partial charge in [0.05, 0.1) is 0 Å². The standard InChI is InChI=1S/C23H28F2NO2P.U/c1-16(5-6-17-3-2-4-19(24)13-17)11-12-26(29)15-21(27)23-9-7-18-14-20(25)8-10-22(18)28-23;/h2,4,8,10,13-14,21,23,27H,5-7,9,11-12,15,29H2,1H3;/q-2;+2/t21-,23-;/m0./s1. The molecule has 7 heteroatoms. The number of ether oxygens (including phenoxy) is 1. The van der Waals surface area contributed by atoms with Crippen molar-refractivity contribution in [3.05, 3.63) is 71.1 Å². The van der Waals surface area contributed by atoms with Crippen LogP contribution >= 0.6 is 9.39 Å². The summed E-state index contributed by atoms with van der Waals surface area (Å²) < 4.78 is 34.4. The van der Waals surface area contributed by atoms with Gasteiger partial charge in [0, 0.05) is 12.4 Å². The van der Waals surface area contributed by atoms with Gasteiger partial charge in [0.15, 0.2) is 0 Å². The molecule has 160 valence electrons. The fourth-order valence-electron chi connectivity index (χ4n) is 3.53. The van der Waals surface area contributed by atoms with Crippen LogP contribution in [0.15, 0.2) is 36.4 Å². The summed E-state index contributed by atoms with van der Waals surface area (Å²) in [4.78, 5) is 0. The molecule has 2 aromatic carbocycles. The molecular weight excluding hydrogens is 629 g/mol. The Bertz CT molecular complexity index is 811. The summed E-state index contributed by atoms with van der Waals surface area (Å²) in [5.41, 5.74) is 1.74. The van der Waals surface area contributed by atoms with Gasteiger partial charge < -0.3 is 15.8 Å². The number of halogens is 2. The molecule has 30 heavy (non-hydrogen) atoms. The fraction of sp³-hybridized carbons (Fsp3) is 0.435. The van der Waals surface area contributed by atoms with E-state index in [-0.39, 0.29) is 48.9 Å². The van der Waals surface area contributed by atoms with Gasteiger partial charge in [-0.15, -0.1) is 12.1 Å². The van der Waals surface area contributed by atoms with Crippen LogP contribution in [0.1, 0.15) is 37.3 Å². The van der Waals surface area contributed by atoms with Crippen molar-refractivity contribution in [3.63, 3.8) is 0 Å². The monoisotopic (exact) mass is 657 g/mol. The average molecular weight is 657 g/mol. The van der Waals surface area contributed by atoms with E-state index in [9.17, 15) is 13.9 Å². The van der Waals surface area contributed by atoms with E-state index in [2.05, 4.69) is 22.4 Å². The minimum Gasteiger partial charge on any atom is -0.487 e. The van der Waals surface area contributed by atoms with Gasteiger partial charge in [-0.05, 0) is 43.1 Å². The zero-order valence-electron chi connectivity index (χ0n) is 17.2. The first-order chi connectivity index (χ1) is 13.9. The van der Waals surface area contributed by atoms with Crippen LogP contribution in [0.3, 0.4) is 0 Å². The molecule has 0 aromatic heterocycles. The van der Waals surface area contributed by atoms with Gasteiger partial charge in [0.2, 0.25) is 0 Å². The molecule has 2 aromatic rings. The third-order valence-electron chi connectivity index (χ3n) is 5.32. The van der Waals surface area contributed by atoms with Crippen LogP contribution in [0.4, 0.5) is 8.78 Å². The molecule has 0 fully saturated rings. The van der Waals surface area contributed by atoms with Gasteiger partial charge in [0.25, 0.3) is 0 Å². The summed E-state index contributed by atoms with van der Waals surface area (Å²) in [6.07, 6.45) is 3.04. The number of nitrogens with zero attached hydrogens (tertiary/aromatic N) is 1. The van der Waals surface area contributed by atoms with E-state index >= 15 is 0 Å². The second kappa shape index (κ2) is 12.5. The Hall–Kier alpha value is -0.498. The van der Waals surface area contributed by atoms with Crippen LogP contribution in [-0.2, 0) is 12.8 Å². The van der Waals surface area contributed by atoms with Gasteiger partial charge in [0.1, 0.15) is 23.8 Å². The van der Waals surface area contributed by atoms with Crippen LogP contribution < -0.4 is 4.74 Å². The Morgan fingerprint density at radius 1 is 1.27 bits per heavy atom. The van der Waals surface area contributed by atoms with E-state index in [1.54, 1.807) is 12.1 Å². The SMILES string of the molecule is C[C-](CCc1[c-]ccc(F)c1)CCN(P)C[C@H](O)[C@@H]1CCc2cc(F)ccc2O1.[U+2]. The number of aliphatic hydroxyl groups is 1. The molecule has 0 amide bonds. The summed E-state index contributed by atoms with van der Waals surface area (Å²) in [5.74, 6) is 1.51. The Morgan fingerprint density at radius 2 is 2.03 bits per heavy atom. The van der Waals surface area contributed by atoms with Gasteiger partial charge in [-0.2, -0.15) is 37.5 Å². The zero-order chi connectivity index (χ0) is 20.8. The van der Waals surface area contributed by atoms with Crippen LogP contribution in [0.2, 0.25) is 0 Å². The van der Waals surface area contributed by atoms with E-state index in [1.807, 2.05) is 4.67 Å². The second-order valence-corrected chi connectivity index (χ2v) is 8.48. The van der Waals surface area contributed by atoms with Crippen molar-refractivity contribution >= 4 is 9.39 Å². The molecular formula is C23H28F2NO2PU. The van der Waals surface area contributed by atoms with Gasteiger partial charge in [-0.1, -0.05) is 15.8 Å². The molecule has 3 rings (SSSR count). The van der Waals surface area contributed by atoms with Gasteiger partial charge in [-0.3, -0.25) is 4.67 Å². The minimum atomic E-state index is -0.618. The Kier molecular flexibility index (Phi) is 10.7. The minimum absolute atomic E-state index is 0. The average Bonchev–Trinajstić information content (AvgIpc) is 2.70. The summed E-state index contributed by atoms with van der Waals surface area (Å²) >= 11 is 0. The largest absolute Gasteiger partial charge is 2.00 e. The molecule has 1 unspecified atom stereocenters. The van der Waals surface area contributed by atoms with Crippen LogP contribution in [0.5, 0.6) is 5.75 Å². The predicted molar refractivity (Wildman–Crippen MR) is 114 cm³/mol. The van der Waals surface area contributed by atoms with E-state index in [0.29, 0.717) is 25.1 Å². The first kappa shape index (κ1) is 25.8. The van der Waals surface area contributed by atoms with E-state index in [0.717, 1.165) is 36.9 Å². The molecule has 0 spiro atoms. The molecule has 0 aliphatic carbocycles. The van der Waals surface area contributed by atoms with E-state index < -0.39 is 6.10 Å². The molecule has 0 bridgehead atoms. The summed E-state index contributed by atoms with van der Waals surface area (Å²) in [5, 5.41) is 10.6. The van der Waals surface area contributed by atoms with Crippen LogP contribution in [-0.4, -0.2) is 35.1 Å². The van der Waals surface area contributed by atoms with Crippen LogP contribution in [0.25, 0.3) is 0 Å². The summed E-state index contributed by atoms with van der Waals surface area (Å²) in [6, 6.07) is 12.1. The van der Waals surface area contributed by atoms with Crippen LogP contribution in [0, 0.1) is 54.7 Å². The first-order valence-corrected chi connectivity index (χ1v) is 10.5. The number of hydrogen-bond acceptors (Lipinski definition) is 3. The second-order valence-electron chi connectivity index (χ2n) is 7.75. The topological polar surface area (TPSA) is 32.7 Å². The fourth-order valence-corrected chi connectivity index (χ4v) is 3.88. The Labute approximate surface area is 204 Å². The number of aliphatic hydroxyl groups excluding tert-OH is 1. The first-order valence-electron chi connectivity index (χ1n) is 10.0. The molecule has 3 atom stereocenters. The van der Waals surface area contributed by atoms with Crippen molar-refractivity contribution in [1.29, 1.82) is 0 Å². The molecule has 1 aliphatic rings. The quantitative estimate of drug-likeness (QED) is 0.318. The third-order valence-corrected chi connectivity index (χ3v) is 5.79. The van der Waals surface area contributed by atoms with Crippen molar-refractivity contribution in [2.45, 2.75) is 51.2 Å². The predicted octanol–water partition coefficient (Wildman–Crippen LogP) is 4.53. The summed E-state index contributed by atoms with van der Waals surface area (Å²) in [6.45, 7) is 3.39. The molecule has 0 radical (unpaired) electrons. The number of hydrogen-bond donors (Lipinski definition) is 1. The molecule has 3 nitrogen and oxygen atoms in total. The van der Waals surface area contributed by atoms with Gasteiger partial charge in [-0.25, -0.2) is 8.78 Å². The normalized spacial score (nSPS) is 16.7. The maximum Gasteiger partial charge on any atom is 2.00 e. The van der Waals surface area contributed by atoms with Gasteiger partial charge >= 0.3 is 31.1 Å². The van der Waals surface area contributed by atoms with Crippen molar-refractivity contribution < 1.29 is 49.7 Å². The number of aryl methyl sites for hydroxylation is 2. The number of rotatable bonds is 9. The molecule has 0 saturated carbocycles. The zero-order valence-corrected chi connectivity index (χ0v) is 22.5. The molecule has 1 heterocycles. The smallest absolute Gasteiger partial charge is 0.487 e. The third kappa shape index (κ3) is 7.88. The van der Waals surface area contributed by atoms with Crippen molar-refractivity contribution in [2.75, 3.05) is 13.1 Å². The maximum absolute atomic E-state index is 13.3. The van der Waals surface area contributed by atoms with E-state index in [1.165, 1.54) is 30.2 Å².